The van der Waals surface area contributed by atoms with Gasteiger partial charge in [-0.3, -0.25) is 9.59 Å². The summed E-state index contributed by atoms with van der Waals surface area (Å²) >= 11 is 0. The summed E-state index contributed by atoms with van der Waals surface area (Å²) in [7, 11) is 1.42. The zero-order valence-electron chi connectivity index (χ0n) is 12.0. The highest BCUT2D eigenvalue weighted by molar-refractivity contribution is 6.27. The van der Waals surface area contributed by atoms with Crippen LogP contribution in [0.4, 0.5) is 5.82 Å². The molecule has 0 aromatic carbocycles. The number of ether oxygens (including phenoxy) is 1. The van der Waals surface area contributed by atoms with E-state index in [0.717, 1.165) is 0 Å². The molecule has 0 saturated carbocycles. The largest absolute Gasteiger partial charge is 0.375 e. The number of carbonyl (C=O) groups excluding carboxylic acids is 2. The summed E-state index contributed by atoms with van der Waals surface area (Å²) in [6.07, 6.45) is 0. The van der Waals surface area contributed by atoms with Gasteiger partial charge in [0.2, 0.25) is 0 Å². The van der Waals surface area contributed by atoms with Gasteiger partial charge in [-0.15, -0.1) is 0 Å². The standard InChI is InChI=1S/C13H15N5O3/c1-7-5-10(15-11(19)6-21-4)18(17-7)13-14-9(3)8(2)12(20)16-13/h5H,2,6H2,1,3-4H3,(H,15,19). The molecule has 1 aliphatic rings. The number of carbonyl (C=O) groups is 2. The quantitative estimate of drug-likeness (QED) is 0.821. The smallest absolute Gasteiger partial charge is 0.281 e. The van der Waals surface area contributed by atoms with Crippen LogP contribution < -0.4 is 5.32 Å². The number of hydrogen-bond donors (Lipinski definition) is 1. The first-order valence-electron chi connectivity index (χ1n) is 6.15. The van der Waals surface area contributed by atoms with Gasteiger partial charge in [0.05, 0.1) is 17.0 Å². The summed E-state index contributed by atoms with van der Waals surface area (Å²) in [4.78, 5) is 31.3. The summed E-state index contributed by atoms with van der Waals surface area (Å²) < 4.78 is 6.05. The van der Waals surface area contributed by atoms with E-state index in [1.807, 2.05) is 0 Å². The molecule has 0 unspecified atom stereocenters. The maximum Gasteiger partial charge on any atom is 0.281 e. The van der Waals surface area contributed by atoms with E-state index in [9.17, 15) is 9.59 Å². The number of hydrogen-bond acceptors (Lipinski definition) is 5. The second-order valence-corrected chi connectivity index (χ2v) is 4.46. The molecule has 0 aliphatic carbocycles. The Kier molecular flexibility index (Phi) is 4.08. The Bertz CT molecular complexity index is 684. The van der Waals surface area contributed by atoms with Gasteiger partial charge in [-0.1, -0.05) is 6.58 Å². The third kappa shape index (κ3) is 3.11. The van der Waals surface area contributed by atoms with Crippen LogP contribution in [0.5, 0.6) is 0 Å². The van der Waals surface area contributed by atoms with Crippen LogP contribution in [0.3, 0.4) is 0 Å². The number of rotatable bonds is 3. The molecule has 1 aromatic rings. The first-order chi connectivity index (χ1) is 9.92. The van der Waals surface area contributed by atoms with Crippen LogP contribution in [0.15, 0.2) is 28.2 Å². The fourth-order valence-corrected chi connectivity index (χ4v) is 1.70. The van der Waals surface area contributed by atoms with Crippen molar-refractivity contribution in [1.29, 1.82) is 0 Å². The van der Waals surface area contributed by atoms with E-state index in [4.69, 9.17) is 4.74 Å². The molecule has 2 rings (SSSR count). The van der Waals surface area contributed by atoms with Crippen molar-refractivity contribution in [2.24, 2.45) is 9.98 Å². The highest BCUT2D eigenvalue weighted by Gasteiger charge is 2.21. The zero-order valence-corrected chi connectivity index (χ0v) is 12.0. The lowest BCUT2D eigenvalue weighted by Gasteiger charge is -2.12. The maximum absolute atomic E-state index is 11.7. The van der Waals surface area contributed by atoms with Crippen LogP contribution in [0, 0.1) is 6.92 Å². The monoisotopic (exact) mass is 289 g/mol. The summed E-state index contributed by atoms with van der Waals surface area (Å²) in [5.41, 5.74) is 1.36. The van der Waals surface area contributed by atoms with Gasteiger partial charge in [0, 0.05) is 13.2 Å². The van der Waals surface area contributed by atoms with E-state index in [0.29, 0.717) is 17.2 Å². The second kappa shape index (κ2) is 5.80. The topological polar surface area (TPSA) is 97.9 Å². The third-order valence-electron chi connectivity index (χ3n) is 2.73. The molecule has 0 spiro atoms. The predicted octanol–water partition coefficient (Wildman–Crippen LogP) is 0.538. The molecular formula is C13H15N5O3. The van der Waals surface area contributed by atoms with Gasteiger partial charge in [0.25, 0.3) is 17.8 Å². The van der Waals surface area contributed by atoms with Crippen molar-refractivity contribution >= 4 is 29.3 Å². The van der Waals surface area contributed by atoms with Crippen molar-refractivity contribution < 1.29 is 14.3 Å². The van der Waals surface area contributed by atoms with Crippen molar-refractivity contribution in [2.45, 2.75) is 13.8 Å². The van der Waals surface area contributed by atoms with E-state index in [2.05, 4.69) is 27.0 Å². The summed E-state index contributed by atoms with van der Waals surface area (Å²) in [5.74, 6) is -0.359. The Hall–Kier alpha value is -2.61. The molecule has 2 heterocycles. The number of nitrogens with zero attached hydrogens (tertiary/aromatic N) is 4. The molecule has 1 N–H and O–H groups in total. The number of methoxy groups -OCH3 is 1. The molecule has 0 bridgehead atoms. The minimum atomic E-state index is -0.472. The SMILES string of the molecule is C=C1C(=O)N=C(n2nc(C)cc2NC(=O)COC)N=C1C. The highest BCUT2D eigenvalue weighted by atomic mass is 16.5. The molecule has 8 nitrogen and oxygen atoms in total. The lowest BCUT2D eigenvalue weighted by molar-refractivity contribution is -0.119. The molecule has 0 atom stereocenters. The molecule has 8 heteroatoms. The first-order valence-corrected chi connectivity index (χ1v) is 6.15. The van der Waals surface area contributed by atoms with Gasteiger partial charge in [-0.05, 0) is 13.8 Å². The van der Waals surface area contributed by atoms with Gasteiger partial charge >= 0.3 is 0 Å². The van der Waals surface area contributed by atoms with E-state index in [1.165, 1.54) is 11.8 Å². The molecule has 110 valence electrons. The normalized spacial score (nSPS) is 14.8. The second-order valence-electron chi connectivity index (χ2n) is 4.46. The number of nitrogens with one attached hydrogen (secondary N) is 1. The Morgan fingerprint density at radius 1 is 1.43 bits per heavy atom. The molecule has 2 amide bonds. The van der Waals surface area contributed by atoms with Crippen molar-refractivity contribution in [3.8, 4) is 0 Å². The van der Waals surface area contributed by atoms with E-state index < -0.39 is 5.91 Å². The number of anilines is 1. The average molecular weight is 289 g/mol. The number of amides is 2. The predicted molar refractivity (Wildman–Crippen MR) is 77.6 cm³/mol. The van der Waals surface area contributed by atoms with Crippen molar-refractivity contribution in [3.05, 3.63) is 23.9 Å². The summed E-state index contributed by atoms with van der Waals surface area (Å²) in [5, 5.41) is 6.81. The summed E-state index contributed by atoms with van der Waals surface area (Å²) in [6.45, 7) is 6.93. The minimum Gasteiger partial charge on any atom is -0.375 e. The van der Waals surface area contributed by atoms with Gasteiger partial charge in [0.1, 0.15) is 12.4 Å². The van der Waals surface area contributed by atoms with Crippen LogP contribution in [0.2, 0.25) is 0 Å². The molecule has 0 radical (unpaired) electrons. The third-order valence-corrected chi connectivity index (χ3v) is 2.73. The Morgan fingerprint density at radius 3 is 2.76 bits per heavy atom. The van der Waals surface area contributed by atoms with Gasteiger partial charge in [-0.2, -0.15) is 14.8 Å². The zero-order chi connectivity index (χ0) is 15.6. The molecule has 0 saturated heterocycles. The molecule has 21 heavy (non-hydrogen) atoms. The fraction of sp³-hybridized carbons (Fsp3) is 0.308. The van der Waals surface area contributed by atoms with Crippen LogP contribution in [-0.2, 0) is 14.3 Å². The lowest BCUT2D eigenvalue weighted by Crippen LogP contribution is -2.26. The van der Waals surface area contributed by atoms with Gasteiger partial charge < -0.3 is 10.1 Å². The molecule has 1 aliphatic heterocycles. The lowest BCUT2D eigenvalue weighted by atomic mass is 10.2. The average Bonchev–Trinajstić information content (AvgIpc) is 2.76. The number of aliphatic imine (C=N–C) groups is 2. The van der Waals surface area contributed by atoms with Crippen LogP contribution in [0.25, 0.3) is 0 Å². The molecule has 0 fully saturated rings. The highest BCUT2D eigenvalue weighted by Crippen LogP contribution is 2.14. The molecule has 1 aromatic heterocycles. The fourth-order valence-electron chi connectivity index (χ4n) is 1.70. The van der Waals surface area contributed by atoms with Gasteiger partial charge in [0.15, 0.2) is 0 Å². The molecular weight excluding hydrogens is 274 g/mol. The van der Waals surface area contributed by atoms with Gasteiger partial charge in [-0.25, -0.2) is 4.99 Å². The van der Waals surface area contributed by atoms with E-state index >= 15 is 0 Å². The van der Waals surface area contributed by atoms with Crippen LogP contribution in [0.1, 0.15) is 12.6 Å². The number of aromatic nitrogens is 2. The first kappa shape index (κ1) is 14.8. The minimum absolute atomic E-state index is 0.0886. The Balaban J connectivity index is 2.37. The van der Waals surface area contributed by atoms with Crippen LogP contribution in [-0.4, -0.2) is 47.0 Å². The maximum atomic E-state index is 11.7. The van der Waals surface area contributed by atoms with E-state index in [-0.39, 0.29) is 24.0 Å². The summed E-state index contributed by atoms with van der Waals surface area (Å²) in [6, 6.07) is 1.65. The Morgan fingerprint density at radius 2 is 2.14 bits per heavy atom. The van der Waals surface area contributed by atoms with Crippen molar-refractivity contribution in [2.75, 3.05) is 19.0 Å². The Labute approximate surface area is 121 Å². The van der Waals surface area contributed by atoms with Crippen LogP contribution >= 0.6 is 0 Å². The van der Waals surface area contributed by atoms with Crippen molar-refractivity contribution in [3.63, 3.8) is 0 Å². The number of aryl methyl sites for hydroxylation is 1. The van der Waals surface area contributed by atoms with Crippen molar-refractivity contribution in [1.82, 2.24) is 9.78 Å². The van der Waals surface area contributed by atoms with E-state index in [1.54, 1.807) is 19.9 Å².